The minimum Gasteiger partial charge on any atom is -0.463 e. The van der Waals surface area contributed by atoms with E-state index in [4.69, 9.17) is 29.8 Å². The molecule has 0 bridgehead atoms. The highest BCUT2D eigenvalue weighted by Crippen LogP contribution is 2.20. The van der Waals surface area contributed by atoms with Crippen molar-refractivity contribution in [1.29, 1.82) is 0 Å². The zero-order valence-corrected chi connectivity index (χ0v) is 16.4. The number of hydrogen-bond acceptors (Lipinski definition) is 11. The second-order valence-electron chi connectivity index (χ2n) is 5.61. The van der Waals surface area contributed by atoms with E-state index in [-0.39, 0.29) is 0 Å². The summed E-state index contributed by atoms with van der Waals surface area (Å²) < 4.78 is 37.6. The molecule has 0 saturated heterocycles. The first kappa shape index (κ1) is 23.3. The first-order valence-corrected chi connectivity index (χ1v) is 8.17. The molecule has 0 unspecified atom stereocenters. The molecule has 0 rings (SSSR count). The minimum atomic E-state index is -1.49. The smallest absolute Gasteiger partial charge is 0.303 e. The second kappa shape index (κ2) is 12.7. The third-order valence-corrected chi connectivity index (χ3v) is 3.09. The Balaban J connectivity index is 6.04. The van der Waals surface area contributed by atoms with Gasteiger partial charge in [-0.05, 0) is 0 Å². The van der Waals surface area contributed by atoms with Crippen molar-refractivity contribution >= 4 is 29.8 Å². The Morgan fingerprint density at radius 3 is 1.39 bits per heavy atom. The number of hydrogen-bond donors (Lipinski definition) is 0. The van der Waals surface area contributed by atoms with Crippen LogP contribution in [0, 0.1) is 0 Å². The summed E-state index contributed by atoms with van der Waals surface area (Å²) in [5, 5.41) is 0. The third kappa shape index (κ3) is 10.5. The van der Waals surface area contributed by atoms with Crippen LogP contribution in [-0.2, 0) is 52.4 Å². The molecular formula is C17H26O11. The summed E-state index contributed by atoms with van der Waals surface area (Å²) in [6.07, 6.45) is -5.58. The maximum absolute atomic E-state index is 11.6. The van der Waals surface area contributed by atoms with E-state index in [2.05, 4.69) is 0 Å². The van der Waals surface area contributed by atoms with Crippen LogP contribution in [0.3, 0.4) is 0 Å². The SMILES string of the molecule is [2H]CO[C@@H](COC(C)=O)[C@@H](OC(C)=O)[C@H](OC(C)=O)[C@@H](COC(C)=O)OC(C)=O. The summed E-state index contributed by atoms with van der Waals surface area (Å²) in [6.45, 7) is 4.46. The van der Waals surface area contributed by atoms with Gasteiger partial charge in [0.25, 0.3) is 0 Å². The molecular weight excluding hydrogens is 380 g/mol. The summed E-state index contributed by atoms with van der Waals surface area (Å²) in [7, 11) is -0.612. The summed E-state index contributed by atoms with van der Waals surface area (Å²) in [5.41, 5.74) is 0. The van der Waals surface area contributed by atoms with E-state index in [1.54, 1.807) is 0 Å². The van der Waals surface area contributed by atoms with E-state index in [1.807, 2.05) is 0 Å². The van der Waals surface area contributed by atoms with Gasteiger partial charge < -0.3 is 28.4 Å². The van der Waals surface area contributed by atoms with Gasteiger partial charge in [-0.15, -0.1) is 0 Å². The lowest BCUT2D eigenvalue weighted by Gasteiger charge is -2.34. The van der Waals surface area contributed by atoms with Crippen molar-refractivity contribution in [2.75, 3.05) is 20.3 Å². The standard InChI is InChI=1S/C17H26O11/c1-9(18)24-7-14(23-6)16(27-12(4)21)17(28-13(5)22)15(26-11(3)20)8-25-10(2)19/h14-17H,7-8H2,1-6H3/t14-,15+,16+,17+/m0/s1/i6D. The van der Waals surface area contributed by atoms with Gasteiger partial charge in [-0.2, -0.15) is 0 Å². The molecule has 4 atom stereocenters. The van der Waals surface area contributed by atoms with Crippen molar-refractivity contribution in [1.82, 2.24) is 0 Å². The van der Waals surface area contributed by atoms with E-state index >= 15 is 0 Å². The Kier molecular flexibility index (Phi) is 10.6. The minimum absolute atomic E-state index is 0.454. The normalized spacial score (nSPS) is 15.1. The van der Waals surface area contributed by atoms with Gasteiger partial charge in [0, 0.05) is 41.7 Å². The molecule has 11 heteroatoms. The number of carbonyl (C=O) groups excluding carboxylic acids is 5. The van der Waals surface area contributed by atoms with Gasteiger partial charge in [-0.25, -0.2) is 0 Å². The zero-order valence-electron chi connectivity index (χ0n) is 17.4. The molecule has 0 radical (unpaired) electrons. The van der Waals surface area contributed by atoms with Crippen molar-refractivity contribution in [3.8, 4) is 0 Å². The summed E-state index contributed by atoms with van der Waals surface area (Å²) in [4.78, 5) is 57.1. The first-order chi connectivity index (χ1) is 13.5. The molecule has 0 aromatic rings. The quantitative estimate of drug-likeness (QED) is 0.335. The Labute approximate surface area is 163 Å². The predicted molar refractivity (Wildman–Crippen MR) is 90.7 cm³/mol. The molecule has 0 saturated carbocycles. The number of esters is 5. The third-order valence-electron chi connectivity index (χ3n) is 3.09. The molecule has 0 spiro atoms. The molecule has 0 aromatic heterocycles. The number of carbonyl (C=O) groups is 5. The molecule has 28 heavy (non-hydrogen) atoms. The van der Waals surface area contributed by atoms with Crippen molar-refractivity contribution < 1.29 is 53.8 Å². The maximum Gasteiger partial charge on any atom is 0.303 e. The molecule has 11 nitrogen and oxygen atoms in total. The van der Waals surface area contributed by atoms with Crippen LogP contribution in [0.2, 0.25) is 0 Å². The fraction of sp³-hybridized carbons (Fsp3) is 0.706. The summed E-state index contributed by atoms with van der Waals surface area (Å²) in [5.74, 6) is -3.82. The van der Waals surface area contributed by atoms with Gasteiger partial charge in [0.05, 0.1) is 1.37 Å². The lowest BCUT2D eigenvalue weighted by Crippen LogP contribution is -2.53. The van der Waals surface area contributed by atoms with E-state index in [0.29, 0.717) is 0 Å². The highest BCUT2D eigenvalue weighted by Gasteiger charge is 2.43. The van der Waals surface area contributed by atoms with E-state index in [0.717, 1.165) is 34.6 Å². The van der Waals surface area contributed by atoms with Crippen LogP contribution in [0.15, 0.2) is 0 Å². The van der Waals surface area contributed by atoms with E-state index in [9.17, 15) is 24.0 Å². The Morgan fingerprint density at radius 2 is 1.04 bits per heavy atom. The zero-order chi connectivity index (χ0) is 22.6. The summed E-state index contributed by atoms with van der Waals surface area (Å²) in [6, 6.07) is 0. The molecule has 0 aliphatic heterocycles. The highest BCUT2D eigenvalue weighted by atomic mass is 16.6. The molecule has 0 amide bonds. The molecule has 0 aromatic carbocycles. The van der Waals surface area contributed by atoms with Gasteiger partial charge in [0.2, 0.25) is 0 Å². The molecule has 0 heterocycles. The van der Waals surface area contributed by atoms with Crippen LogP contribution in [-0.4, -0.2) is 74.6 Å². The van der Waals surface area contributed by atoms with Gasteiger partial charge >= 0.3 is 29.8 Å². The Bertz CT molecular complexity index is 592. The first-order valence-electron chi connectivity index (χ1n) is 8.87. The van der Waals surface area contributed by atoms with Crippen molar-refractivity contribution in [3.05, 3.63) is 0 Å². The largest absolute Gasteiger partial charge is 0.463 e. The van der Waals surface area contributed by atoms with Crippen LogP contribution in [0.4, 0.5) is 0 Å². The number of rotatable bonds is 11. The number of ether oxygens (including phenoxy) is 6. The van der Waals surface area contributed by atoms with Crippen molar-refractivity contribution in [3.63, 3.8) is 0 Å². The predicted octanol–water partition coefficient (Wildman–Crippen LogP) is -0.0773. The molecule has 160 valence electrons. The van der Waals surface area contributed by atoms with Gasteiger partial charge in [-0.3, -0.25) is 24.0 Å². The summed E-state index contributed by atoms with van der Waals surface area (Å²) >= 11 is 0. The Hall–Kier alpha value is -2.69. The number of methoxy groups -OCH3 is 1. The van der Waals surface area contributed by atoms with Crippen LogP contribution >= 0.6 is 0 Å². The molecule has 0 aliphatic carbocycles. The lowest BCUT2D eigenvalue weighted by atomic mass is 10.0. The van der Waals surface area contributed by atoms with Gasteiger partial charge in [0.15, 0.2) is 18.3 Å². The Morgan fingerprint density at radius 1 is 0.643 bits per heavy atom. The topological polar surface area (TPSA) is 141 Å². The lowest BCUT2D eigenvalue weighted by molar-refractivity contribution is -0.203. The molecule has 0 fully saturated rings. The van der Waals surface area contributed by atoms with Crippen LogP contribution in [0.5, 0.6) is 0 Å². The van der Waals surface area contributed by atoms with E-state index < -0.39 is 74.6 Å². The molecule has 0 N–H and O–H groups in total. The van der Waals surface area contributed by atoms with Gasteiger partial charge in [-0.1, -0.05) is 0 Å². The maximum atomic E-state index is 11.6. The van der Waals surface area contributed by atoms with Crippen LogP contribution in [0.1, 0.15) is 36.0 Å². The fourth-order valence-electron chi connectivity index (χ4n) is 2.14. The van der Waals surface area contributed by atoms with Crippen LogP contribution in [0.25, 0.3) is 0 Å². The van der Waals surface area contributed by atoms with Crippen LogP contribution < -0.4 is 0 Å². The second-order valence-corrected chi connectivity index (χ2v) is 5.61. The van der Waals surface area contributed by atoms with Crippen molar-refractivity contribution in [2.45, 2.75) is 59.0 Å². The average Bonchev–Trinajstić information content (AvgIpc) is 2.57. The highest BCUT2D eigenvalue weighted by molar-refractivity contribution is 5.69. The van der Waals surface area contributed by atoms with E-state index in [1.165, 1.54) is 0 Å². The average molecular weight is 407 g/mol. The fourth-order valence-corrected chi connectivity index (χ4v) is 2.14. The molecule has 0 aliphatic rings. The monoisotopic (exact) mass is 407 g/mol. The van der Waals surface area contributed by atoms with Crippen molar-refractivity contribution in [2.24, 2.45) is 0 Å². The van der Waals surface area contributed by atoms with Gasteiger partial charge in [0.1, 0.15) is 19.3 Å².